The number of carbonyl (C=O) groups is 2. The number of carboxylic acids is 1. The van der Waals surface area contributed by atoms with Crippen LogP contribution >= 0.6 is 0 Å². The molecule has 1 atom stereocenters. The minimum atomic E-state index is -0.902. The van der Waals surface area contributed by atoms with E-state index in [2.05, 4.69) is 13.8 Å². The minimum Gasteiger partial charge on any atom is -0.481 e. The molecule has 0 amide bonds. The zero-order valence-corrected chi connectivity index (χ0v) is 9.53. The maximum atomic E-state index is 11.4. The molecule has 0 heterocycles. The first-order chi connectivity index (χ1) is 6.93. The third-order valence-corrected chi connectivity index (χ3v) is 2.29. The zero-order chi connectivity index (χ0) is 11.8. The van der Waals surface area contributed by atoms with Crippen LogP contribution in [0.25, 0.3) is 0 Å². The third kappa shape index (κ3) is 8.12. The topological polar surface area (TPSA) is 80.4 Å². The van der Waals surface area contributed by atoms with Crippen LogP contribution in [0.1, 0.15) is 46.0 Å². The summed E-state index contributed by atoms with van der Waals surface area (Å²) in [5.41, 5.74) is 5.57. The number of nitrogens with two attached hydrogens (primary N) is 1. The van der Waals surface area contributed by atoms with Crippen molar-refractivity contribution in [1.82, 2.24) is 0 Å². The molecule has 0 bridgehead atoms. The summed E-state index contributed by atoms with van der Waals surface area (Å²) in [6.45, 7) is 4.21. The molecule has 0 unspecified atom stereocenters. The van der Waals surface area contributed by atoms with Crippen molar-refractivity contribution in [3.8, 4) is 0 Å². The van der Waals surface area contributed by atoms with E-state index in [0.29, 0.717) is 12.3 Å². The molecule has 88 valence electrons. The van der Waals surface area contributed by atoms with Crippen molar-refractivity contribution in [1.29, 1.82) is 0 Å². The van der Waals surface area contributed by atoms with E-state index in [1.807, 2.05) is 0 Å². The second kappa shape index (κ2) is 7.40. The number of aliphatic carboxylic acids is 1. The van der Waals surface area contributed by atoms with Crippen LogP contribution in [-0.4, -0.2) is 22.9 Å². The number of hydrogen-bond acceptors (Lipinski definition) is 3. The summed E-state index contributed by atoms with van der Waals surface area (Å²) in [7, 11) is 0. The second-order valence-electron chi connectivity index (χ2n) is 4.29. The summed E-state index contributed by atoms with van der Waals surface area (Å²) in [5, 5.41) is 8.43. The maximum Gasteiger partial charge on any atom is 0.303 e. The molecular formula is C11H21NO3. The lowest BCUT2D eigenvalue weighted by Gasteiger charge is -2.09. The van der Waals surface area contributed by atoms with Gasteiger partial charge < -0.3 is 10.8 Å². The predicted octanol–water partition coefficient (Wildman–Crippen LogP) is 1.57. The molecule has 15 heavy (non-hydrogen) atoms. The second-order valence-corrected chi connectivity index (χ2v) is 4.29. The number of rotatable bonds is 8. The average Bonchev–Trinajstić information content (AvgIpc) is 2.13. The standard InChI is InChI=1S/C11H21NO3/c1-8(2)4-3-5-10(13)9(12)6-7-11(14)15/h8-9H,3-7,12H2,1-2H3,(H,14,15)/t9-/m0/s1. The van der Waals surface area contributed by atoms with Crippen LogP contribution in [0.5, 0.6) is 0 Å². The fourth-order valence-corrected chi connectivity index (χ4v) is 1.31. The van der Waals surface area contributed by atoms with Crippen molar-refractivity contribution in [3.05, 3.63) is 0 Å². The largest absolute Gasteiger partial charge is 0.481 e. The van der Waals surface area contributed by atoms with Crippen molar-refractivity contribution in [3.63, 3.8) is 0 Å². The molecule has 0 aromatic carbocycles. The first kappa shape index (κ1) is 14.1. The quantitative estimate of drug-likeness (QED) is 0.644. The van der Waals surface area contributed by atoms with Crippen LogP contribution in [0.2, 0.25) is 0 Å². The molecule has 0 radical (unpaired) electrons. The van der Waals surface area contributed by atoms with E-state index >= 15 is 0 Å². The van der Waals surface area contributed by atoms with Gasteiger partial charge in [0.1, 0.15) is 5.78 Å². The Labute approximate surface area is 90.8 Å². The van der Waals surface area contributed by atoms with E-state index in [0.717, 1.165) is 12.8 Å². The maximum absolute atomic E-state index is 11.4. The van der Waals surface area contributed by atoms with Crippen LogP contribution in [0.15, 0.2) is 0 Å². The molecule has 0 spiro atoms. The number of carbonyl (C=O) groups excluding carboxylic acids is 1. The Balaban J connectivity index is 3.64. The third-order valence-electron chi connectivity index (χ3n) is 2.29. The Kier molecular flexibility index (Phi) is 6.96. The Morgan fingerprint density at radius 3 is 2.27 bits per heavy atom. The molecular weight excluding hydrogens is 194 g/mol. The summed E-state index contributed by atoms with van der Waals surface area (Å²) in [4.78, 5) is 21.7. The van der Waals surface area contributed by atoms with E-state index in [9.17, 15) is 9.59 Å². The molecule has 0 aromatic heterocycles. The van der Waals surface area contributed by atoms with Crippen molar-refractivity contribution >= 4 is 11.8 Å². The monoisotopic (exact) mass is 215 g/mol. The zero-order valence-electron chi connectivity index (χ0n) is 9.53. The smallest absolute Gasteiger partial charge is 0.303 e. The fourth-order valence-electron chi connectivity index (χ4n) is 1.31. The molecule has 3 N–H and O–H groups in total. The van der Waals surface area contributed by atoms with Gasteiger partial charge in [-0.1, -0.05) is 20.3 Å². The Bertz CT molecular complexity index is 214. The highest BCUT2D eigenvalue weighted by Gasteiger charge is 2.14. The number of carboxylic acid groups (broad SMARTS) is 1. The molecule has 0 aliphatic heterocycles. The van der Waals surface area contributed by atoms with Gasteiger partial charge in [-0.3, -0.25) is 9.59 Å². The molecule has 0 saturated heterocycles. The molecule has 0 aromatic rings. The van der Waals surface area contributed by atoms with Crippen molar-refractivity contribution in [2.45, 2.75) is 52.0 Å². The van der Waals surface area contributed by atoms with Gasteiger partial charge in [0.25, 0.3) is 0 Å². The average molecular weight is 215 g/mol. The summed E-state index contributed by atoms with van der Waals surface area (Å²) >= 11 is 0. The molecule has 0 saturated carbocycles. The molecule has 4 heteroatoms. The summed E-state index contributed by atoms with van der Waals surface area (Å²) in [6.07, 6.45) is 2.54. The van der Waals surface area contributed by atoms with Gasteiger partial charge in [-0.05, 0) is 18.8 Å². The summed E-state index contributed by atoms with van der Waals surface area (Å²) < 4.78 is 0. The van der Waals surface area contributed by atoms with Gasteiger partial charge in [-0.2, -0.15) is 0 Å². The van der Waals surface area contributed by atoms with Gasteiger partial charge in [0.2, 0.25) is 0 Å². The van der Waals surface area contributed by atoms with Crippen LogP contribution in [-0.2, 0) is 9.59 Å². The predicted molar refractivity (Wildman–Crippen MR) is 58.5 cm³/mol. The Hall–Kier alpha value is -0.900. The first-order valence-corrected chi connectivity index (χ1v) is 5.43. The van der Waals surface area contributed by atoms with Gasteiger partial charge >= 0.3 is 5.97 Å². The van der Waals surface area contributed by atoms with Crippen LogP contribution in [0.3, 0.4) is 0 Å². The van der Waals surface area contributed by atoms with Gasteiger partial charge in [-0.15, -0.1) is 0 Å². The molecule has 0 aliphatic carbocycles. The number of ketones is 1. The van der Waals surface area contributed by atoms with Gasteiger partial charge in [0, 0.05) is 12.8 Å². The molecule has 0 rings (SSSR count). The van der Waals surface area contributed by atoms with E-state index < -0.39 is 12.0 Å². The molecule has 0 aliphatic rings. The highest BCUT2D eigenvalue weighted by atomic mass is 16.4. The van der Waals surface area contributed by atoms with E-state index in [1.165, 1.54) is 0 Å². The van der Waals surface area contributed by atoms with Gasteiger partial charge in [0.15, 0.2) is 0 Å². The summed E-state index contributed by atoms with van der Waals surface area (Å²) in [5.74, 6) is -0.328. The fraction of sp³-hybridized carbons (Fsp3) is 0.818. The Morgan fingerprint density at radius 2 is 1.80 bits per heavy atom. The Morgan fingerprint density at radius 1 is 1.20 bits per heavy atom. The van der Waals surface area contributed by atoms with Crippen LogP contribution in [0.4, 0.5) is 0 Å². The first-order valence-electron chi connectivity index (χ1n) is 5.43. The molecule has 0 fully saturated rings. The minimum absolute atomic E-state index is 0.0168. The SMILES string of the molecule is CC(C)CCCC(=O)[C@@H](N)CCC(=O)O. The van der Waals surface area contributed by atoms with Crippen molar-refractivity contribution in [2.75, 3.05) is 0 Å². The lowest BCUT2D eigenvalue weighted by Crippen LogP contribution is -2.30. The van der Waals surface area contributed by atoms with Gasteiger partial charge in [0.05, 0.1) is 6.04 Å². The highest BCUT2D eigenvalue weighted by molar-refractivity contribution is 5.84. The van der Waals surface area contributed by atoms with Crippen LogP contribution < -0.4 is 5.73 Å². The molecule has 4 nitrogen and oxygen atoms in total. The number of hydrogen-bond donors (Lipinski definition) is 2. The van der Waals surface area contributed by atoms with Crippen molar-refractivity contribution < 1.29 is 14.7 Å². The van der Waals surface area contributed by atoms with E-state index in [4.69, 9.17) is 10.8 Å². The van der Waals surface area contributed by atoms with E-state index in [1.54, 1.807) is 0 Å². The number of Topliss-reactive ketones (excluding diaryl/α,β-unsaturated/α-hetero) is 1. The lowest BCUT2D eigenvalue weighted by molar-refractivity contribution is -0.137. The van der Waals surface area contributed by atoms with E-state index in [-0.39, 0.29) is 18.6 Å². The van der Waals surface area contributed by atoms with Gasteiger partial charge in [-0.25, -0.2) is 0 Å². The highest BCUT2D eigenvalue weighted by Crippen LogP contribution is 2.08. The summed E-state index contributed by atoms with van der Waals surface area (Å²) in [6, 6.07) is -0.603. The lowest BCUT2D eigenvalue weighted by atomic mass is 10.00. The normalized spacial score (nSPS) is 12.8. The van der Waals surface area contributed by atoms with Crippen molar-refractivity contribution in [2.24, 2.45) is 11.7 Å². The van der Waals surface area contributed by atoms with Crippen LogP contribution in [0, 0.1) is 5.92 Å².